The van der Waals surface area contributed by atoms with Crippen molar-refractivity contribution in [3.8, 4) is 11.8 Å². The van der Waals surface area contributed by atoms with Gasteiger partial charge in [0.2, 0.25) is 0 Å². The molecule has 7 nitrogen and oxygen atoms in total. The monoisotopic (exact) mass is 453 g/mol. The molecule has 2 heterocycles. The van der Waals surface area contributed by atoms with Gasteiger partial charge in [0.05, 0.1) is 34.8 Å². The Morgan fingerprint density at radius 2 is 2.03 bits per heavy atom. The van der Waals surface area contributed by atoms with Gasteiger partial charge in [-0.25, -0.2) is 9.67 Å². The van der Waals surface area contributed by atoms with Crippen molar-refractivity contribution in [1.82, 2.24) is 14.8 Å². The zero-order chi connectivity index (χ0) is 24.2. The van der Waals surface area contributed by atoms with E-state index in [4.69, 9.17) is 10.00 Å². The number of anilines is 1. The molecule has 0 spiro atoms. The smallest absolute Gasteiger partial charge is 0.256 e. The van der Waals surface area contributed by atoms with Gasteiger partial charge in [0.25, 0.3) is 5.91 Å². The maximum absolute atomic E-state index is 13.2. The molecule has 4 rings (SSSR count). The number of ether oxygens (including phenoxy) is 1. The van der Waals surface area contributed by atoms with E-state index in [2.05, 4.69) is 35.3 Å². The molecule has 0 saturated carbocycles. The SMILES string of the molecule is CCC(C)n1ncc2c(C(=O)Nc3ccc(OCc4cccc(C#N)c4)cc3C)cc(C)nc21. The lowest BCUT2D eigenvalue weighted by molar-refractivity contribution is 0.102. The fourth-order valence-corrected chi connectivity index (χ4v) is 3.78. The number of hydrogen-bond donors (Lipinski definition) is 1. The summed E-state index contributed by atoms with van der Waals surface area (Å²) in [5.74, 6) is 0.485. The molecule has 1 atom stereocenters. The van der Waals surface area contributed by atoms with E-state index in [1.807, 2.05) is 54.9 Å². The quantitative estimate of drug-likeness (QED) is 0.386. The van der Waals surface area contributed by atoms with E-state index in [0.29, 0.717) is 29.2 Å². The predicted octanol–water partition coefficient (Wildman–Crippen LogP) is 5.72. The van der Waals surface area contributed by atoms with Gasteiger partial charge in [-0.3, -0.25) is 4.79 Å². The third-order valence-electron chi connectivity index (χ3n) is 5.86. The van der Waals surface area contributed by atoms with Gasteiger partial charge in [0, 0.05) is 11.4 Å². The number of carbonyl (C=O) groups excluding carboxylic acids is 1. The Morgan fingerprint density at radius 3 is 2.76 bits per heavy atom. The summed E-state index contributed by atoms with van der Waals surface area (Å²) in [6.45, 7) is 8.35. The minimum absolute atomic E-state index is 0.194. The van der Waals surface area contributed by atoms with Crippen molar-refractivity contribution < 1.29 is 9.53 Å². The molecule has 0 aliphatic rings. The highest BCUT2D eigenvalue weighted by molar-refractivity contribution is 6.12. The standard InChI is InChI=1S/C27H27N5O2/c1-5-19(4)32-26-24(15-29-32)23(12-18(3)30-26)27(33)31-25-10-9-22(11-17(25)2)34-16-21-8-6-7-20(13-21)14-28/h6-13,15,19H,5,16H2,1-4H3,(H,31,33). The Balaban J connectivity index is 1.52. The van der Waals surface area contributed by atoms with Crippen LogP contribution in [-0.2, 0) is 6.61 Å². The summed E-state index contributed by atoms with van der Waals surface area (Å²) in [6, 6.07) is 17.0. The van der Waals surface area contributed by atoms with Crippen LogP contribution in [-0.4, -0.2) is 20.7 Å². The molecule has 1 amide bonds. The lowest BCUT2D eigenvalue weighted by atomic mass is 10.1. The first-order valence-corrected chi connectivity index (χ1v) is 11.3. The molecule has 1 N–H and O–H groups in total. The van der Waals surface area contributed by atoms with Crippen molar-refractivity contribution in [2.24, 2.45) is 0 Å². The van der Waals surface area contributed by atoms with Crippen LogP contribution in [0.4, 0.5) is 5.69 Å². The van der Waals surface area contributed by atoms with E-state index in [1.54, 1.807) is 18.3 Å². The van der Waals surface area contributed by atoms with Crippen LogP contribution < -0.4 is 10.1 Å². The van der Waals surface area contributed by atoms with Gasteiger partial charge in [0.1, 0.15) is 12.4 Å². The number of carbonyl (C=O) groups is 1. The minimum Gasteiger partial charge on any atom is -0.489 e. The van der Waals surface area contributed by atoms with Crippen LogP contribution in [0.25, 0.3) is 11.0 Å². The number of benzene rings is 2. The van der Waals surface area contributed by atoms with Crippen molar-refractivity contribution in [2.75, 3.05) is 5.32 Å². The first kappa shape index (κ1) is 23.0. The topological polar surface area (TPSA) is 92.8 Å². The zero-order valence-electron chi connectivity index (χ0n) is 19.8. The molecular formula is C27H27N5O2. The van der Waals surface area contributed by atoms with Gasteiger partial charge in [-0.1, -0.05) is 19.1 Å². The van der Waals surface area contributed by atoms with Crippen LogP contribution in [0.15, 0.2) is 54.7 Å². The second-order valence-electron chi connectivity index (χ2n) is 8.43. The largest absolute Gasteiger partial charge is 0.489 e. The average Bonchev–Trinajstić information content (AvgIpc) is 3.27. The van der Waals surface area contributed by atoms with Crippen LogP contribution in [0.1, 0.15) is 59.1 Å². The van der Waals surface area contributed by atoms with E-state index in [9.17, 15) is 4.79 Å². The molecule has 0 aliphatic carbocycles. The number of fused-ring (bicyclic) bond motifs is 1. The first-order valence-electron chi connectivity index (χ1n) is 11.3. The Hall–Kier alpha value is -4.18. The number of nitriles is 1. The van der Waals surface area contributed by atoms with E-state index < -0.39 is 0 Å². The molecule has 0 fully saturated rings. The molecule has 0 saturated heterocycles. The second kappa shape index (κ2) is 9.75. The Kier molecular flexibility index (Phi) is 6.60. The van der Waals surface area contributed by atoms with Gasteiger partial charge >= 0.3 is 0 Å². The third kappa shape index (κ3) is 4.76. The van der Waals surface area contributed by atoms with Gasteiger partial charge in [-0.2, -0.15) is 10.4 Å². The molecule has 2 aromatic heterocycles. The summed E-state index contributed by atoms with van der Waals surface area (Å²) in [4.78, 5) is 17.8. The van der Waals surface area contributed by atoms with Crippen LogP contribution >= 0.6 is 0 Å². The number of aryl methyl sites for hydroxylation is 2. The maximum atomic E-state index is 13.2. The Morgan fingerprint density at radius 1 is 1.21 bits per heavy atom. The highest BCUT2D eigenvalue weighted by Crippen LogP contribution is 2.26. The number of rotatable bonds is 7. The Labute approximate surface area is 199 Å². The van der Waals surface area contributed by atoms with Crippen molar-refractivity contribution in [3.05, 3.63) is 82.7 Å². The molecule has 0 bridgehead atoms. The number of amides is 1. The van der Waals surface area contributed by atoms with Crippen molar-refractivity contribution in [3.63, 3.8) is 0 Å². The number of aromatic nitrogens is 3. The molecule has 34 heavy (non-hydrogen) atoms. The van der Waals surface area contributed by atoms with Crippen LogP contribution in [0.5, 0.6) is 5.75 Å². The summed E-state index contributed by atoms with van der Waals surface area (Å²) >= 11 is 0. The number of nitrogens with one attached hydrogen (secondary N) is 1. The highest BCUT2D eigenvalue weighted by Gasteiger charge is 2.18. The average molecular weight is 454 g/mol. The lowest BCUT2D eigenvalue weighted by Crippen LogP contribution is -2.14. The van der Waals surface area contributed by atoms with E-state index >= 15 is 0 Å². The molecule has 2 aromatic carbocycles. The molecule has 0 aliphatic heterocycles. The third-order valence-corrected chi connectivity index (χ3v) is 5.86. The molecule has 1 unspecified atom stereocenters. The maximum Gasteiger partial charge on any atom is 0.256 e. The number of nitrogens with zero attached hydrogens (tertiary/aromatic N) is 4. The molecule has 0 radical (unpaired) electrons. The summed E-state index contributed by atoms with van der Waals surface area (Å²) in [7, 11) is 0. The molecule has 172 valence electrons. The van der Waals surface area contributed by atoms with E-state index in [0.717, 1.165) is 34.3 Å². The van der Waals surface area contributed by atoms with Crippen molar-refractivity contribution in [1.29, 1.82) is 5.26 Å². The first-order chi connectivity index (χ1) is 16.4. The predicted molar refractivity (Wildman–Crippen MR) is 132 cm³/mol. The number of hydrogen-bond acceptors (Lipinski definition) is 5. The summed E-state index contributed by atoms with van der Waals surface area (Å²) < 4.78 is 7.76. The van der Waals surface area contributed by atoms with Crippen LogP contribution in [0.2, 0.25) is 0 Å². The van der Waals surface area contributed by atoms with Crippen LogP contribution in [0.3, 0.4) is 0 Å². The summed E-state index contributed by atoms with van der Waals surface area (Å²) in [6.07, 6.45) is 2.64. The van der Waals surface area contributed by atoms with E-state index in [1.165, 1.54) is 0 Å². The summed E-state index contributed by atoms with van der Waals surface area (Å²) in [5.41, 5.74) is 5.16. The molecule has 4 aromatic rings. The molecule has 7 heteroatoms. The zero-order valence-corrected chi connectivity index (χ0v) is 19.8. The van der Waals surface area contributed by atoms with Gasteiger partial charge in [-0.15, -0.1) is 0 Å². The Bertz CT molecular complexity index is 1400. The van der Waals surface area contributed by atoms with Gasteiger partial charge < -0.3 is 10.1 Å². The van der Waals surface area contributed by atoms with E-state index in [-0.39, 0.29) is 11.9 Å². The molecular weight excluding hydrogens is 426 g/mol. The van der Waals surface area contributed by atoms with Crippen LogP contribution in [0, 0.1) is 25.2 Å². The second-order valence-corrected chi connectivity index (χ2v) is 8.43. The van der Waals surface area contributed by atoms with Gasteiger partial charge in [-0.05, 0) is 74.7 Å². The number of pyridine rings is 1. The van der Waals surface area contributed by atoms with Crippen molar-refractivity contribution >= 4 is 22.6 Å². The van der Waals surface area contributed by atoms with Gasteiger partial charge in [0.15, 0.2) is 5.65 Å². The van der Waals surface area contributed by atoms with Crippen molar-refractivity contribution in [2.45, 2.75) is 46.8 Å². The fraction of sp³-hybridized carbons (Fsp3) is 0.259. The highest BCUT2D eigenvalue weighted by atomic mass is 16.5. The lowest BCUT2D eigenvalue weighted by Gasteiger charge is -2.13. The normalized spacial score (nSPS) is 11.7. The minimum atomic E-state index is -0.204. The fourth-order valence-electron chi connectivity index (χ4n) is 3.78. The summed E-state index contributed by atoms with van der Waals surface area (Å²) in [5, 5.41) is 17.3.